The number of rotatable bonds is 2. The lowest BCUT2D eigenvalue weighted by atomic mass is 10.0. The van der Waals surface area contributed by atoms with E-state index in [9.17, 15) is 0 Å². The molecule has 2 rings (SSSR count). The van der Waals surface area contributed by atoms with Gasteiger partial charge in [-0.15, -0.1) is 0 Å². The predicted molar refractivity (Wildman–Crippen MR) is 66.5 cm³/mol. The molecule has 2 nitrogen and oxygen atoms in total. The van der Waals surface area contributed by atoms with E-state index in [1.54, 1.807) is 6.20 Å². The standard InChI is InChI=1S/C13H13ClN2/c1-9-8-11(6-7-16-9)13(15)10-2-4-12(14)5-3-10/h2-8,13H,15H2,1H3/t13-/m0/s1. The van der Waals surface area contributed by atoms with E-state index in [1.165, 1.54) is 0 Å². The molecule has 16 heavy (non-hydrogen) atoms. The summed E-state index contributed by atoms with van der Waals surface area (Å²) in [5, 5.41) is 0.724. The van der Waals surface area contributed by atoms with Crippen molar-refractivity contribution in [3.05, 3.63) is 64.4 Å². The first kappa shape index (κ1) is 11.1. The number of aromatic nitrogens is 1. The number of nitrogens with zero attached hydrogens (tertiary/aromatic N) is 1. The van der Waals surface area contributed by atoms with Crippen molar-refractivity contribution in [3.8, 4) is 0 Å². The molecule has 0 unspecified atom stereocenters. The molecule has 2 aromatic rings. The molecular formula is C13H13ClN2. The molecule has 0 saturated carbocycles. The smallest absolute Gasteiger partial charge is 0.0552 e. The average molecular weight is 233 g/mol. The number of hydrogen-bond acceptors (Lipinski definition) is 2. The van der Waals surface area contributed by atoms with Gasteiger partial charge in [0.05, 0.1) is 6.04 Å². The third-order valence-electron chi connectivity index (χ3n) is 2.51. The highest BCUT2D eigenvalue weighted by Gasteiger charge is 2.08. The summed E-state index contributed by atoms with van der Waals surface area (Å²) in [5.74, 6) is 0. The Kier molecular flexibility index (Phi) is 3.22. The van der Waals surface area contributed by atoms with Gasteiger partial charge in [-0.25, -0.2) is 0 Å². The second-order valence-electron chi connectivity index (χ2n) is 3.76. The van der Waals surface area contributed by atoms with Crippen LogP contribution in [-0.2, 0) is 0 Å². The molecule has 1 aromatic heterocycles. The molecule has 0 saturated heterocycles. The molecule has 0 aliphatic rings. The van der Waals surface area contributed by atoms with E-state index in [0.29, 0.717) is 0 Å². The highest BCUT2D eigenvalue weighted by Crippen LogP contribution is 2.21. The first-order valence-corrected chi connectivity index (χ1v) is 5.48. The van der Waals surface area contributed by atoms with Crippen molar-refractivity contribution in [2.75, 3.05) is 0 Å². The van der Waals surface area contributed by atoms with Crippen molar-refractivity contribution in [3.63, 3.8) is 0 Å². The Bertz CT molecular complexity index is 480. The van der Waals surface area contributed by atoms with E-state index in [-0.39, 0.29) is 6.04 Å². The van der Waals surface area contributed by atoms with Crippen LogP contribution in [0.1, 0.15) is 22.9 Å². The third-order valence-corrected chi connectivity index (χ3v) is 2.76. The molecule has 1 atom stereocenters. The number of pyridine rings is 1. The molecule has 2 N–H and O–H groups in total. The van der Waals surface area contributed by atoms with Crippen molar-refractivity contribution >= 4 is 11.6 Å². The SMILES string of the molecule is Cc1cc([C@@H](N)c2ccc(Cl)cc2)ccn1. The van der Waals surface area contributed by atoms with E-state index in [1.807, 2.05) is 43.3 Å². The van der Waals surface area contributed by atoms with Gasteiger partial charge in [0.25, 0.3) is 0 Å². The van der Waals surface area contributed by atoms with Gasteiger partial charge in [0.2, 0.25) is 0 Å². The largest absolute Gasteiger partial charge is 0.320 e. The van der Waals surface area contributed by atoms with Crippen molar-refractivity contribution in [1.29, 1.82) is 0 Å². The van der Waals surface area contributed by atoms with Gasteiger partial charge in [-0.3, -0.25) is 4.98 Å². The Labute approximate surface area is 100 Å². The fraction of sp³-hybridized carbons (Fsp3) is 0.154. The first-order valence-electron chi connectivity index (χ1n) is 5.10. The zero-order chi connectivity index (χ0) is 11.5. The Balaban J connectivity index is 2.31. The van der Waals surface area contributed by atoms with E-state index < -0.39 is 0 Å². The molecule has 0 aliphatic heterocycles. The van der Waals surface area contributed by atoms with Gasteiger partial charge < -0.3 is 5.73 Å². The quantitative estimate of drug-likeness (QED) is 0.864. The van der Waals surface area contributed by atoms with Crippen LogP contribution in [-0.4, -0.2) is 4.98 Å². The normalized spacial score (nSPS) is 12.4. The number of nitrogens with two attached hydrogens (primary N) is 1. The van der Waals surface area contributed by atoms with Crippen molar-refractivity contribution in [2.24, 2.45) is 5.73 Å². The number of benzene rings is 1. The predicted octanol–water partition coefficient (Wildman–Crippen LogP) is 3.09. The fourth-order valence-electron chi connectivity index (χ4n) is 1.62. The Morgan fingerprint density at radius 1 is 1.12 bits per heavy atom. The minimum Gasteiger partial charge on any atom is -0.320 e. The molecule has 0 radical (unpaired) electrons. The first-order chi connectivity index (χ1) is 7.66. The molecular weight excluding hydrogens is 220 g/mol. The summed E-state index contributed by atoms with van der Waals surface area (Å²) in [6, 6.07) is 11.4. The summed E-state index contributed by atoms with van der Waals surface area (Å²) in [4.78, 5) is 4.15. The molecule has 0 amide bonds. The lowest BCUT2D eigenvalue weighted by Crippen LogP contribution is -2.11. The van der Waals surface area contributed by atoms with Crippen molar-refractivity contribution < 1.29 is 0 Å². The Morgan fingerprint density at radius 3 is 2.44 bits per heavy atom. The van der Waals surface area contributed by atoms with E-state index in [2.05, 4.69) is 4.98 Å². The van der Waals surface area contributed by atoms with Gasteiger partial charge in [-0.05, 0) is 42.3 Å². The highest BCUT2D eigenvalue weighted by molar-refractivity contribution is 6.30. The molecule has 0 aliphatic carbocycles. The van der Waals surface area contributed by atoms with Crippen LogP contribution < -0.4 is 5.73 Å². The molecule has 0 fully saturated rings. The fourth-order valence-corrected chi connectivity index (χ4v) is 1.75. The topological polar surface area (TPSA) is 38.9 Å². The van der Waals surface area contributed by atoms with Gasteiger partial charge in [-0.1, -0.05) is 23.7 Å². The summed E-state index contributed by atoms with van der Waals surface area (Å²) in [6.45, 7) is 1.96. The zero-order valence-electron chi connectivity index (χ0n) is 9.02. The van der Waals surface area contributed by atoms with Crippen LogP contribution in [0.15, 0.2) is 42.6 Å². The average Bonchev–Trinajstić information content (AvgIpc) is 2.29. The summed E-state index contributed by atoms with van der Waals surface area (Å²) >= 11 is 5.84. The second-order valence-corrected chi connectivity index (χ2v) is 4.20. The van der Waals surface area contributed by atoms with E-state index >= 15 is 0 Å². The number of aryl methyl sites for hydroxylation is 1. The molecule has 0 spiro atoms. The minimum atomic E-state index is -0.126. The van der Waals surface area contributed by atoms with E-state index in [4.69, 9.17) is 17.3 Å². The summed E-state index contributed by atoms with van der Waals surface area (Å²) < 4.78 is 0. The minimum absolute atomic E-state index is 0.126. The van der Waals surface area contributed by atoms with Crippen LogP contribution in [0.5, 0.6) is 0 Å². The molecule has 3 heteroatoms. The van der Waals surface area contributed by atoms with Gasteiger partial charge in [0, 0.05) is 16.9 Å². The maximum Gasteiger partial charge on any atom is 0.0552 e. The maximum absolute atomic E-state index is 6.16. The zero-order valence-corrected chi connectivity index (χ0v) is 9.78. The van der Waals surface area contributed by atoms with Crippen LogP contribution in [0, 0.1) is 6.92 Å². The molecule has 1 aromatic carbocycles. The van der Waals surface area contributed by atoms with Gasteiger partial charge >= 0.3 is 0 Å². The third kappa shape index (κ3) is 2.40. The van der Waals surface area contributed by atoms with Crippen LogP contribution >= 0.6 is 11.6 Å². The van der Waals surface area contributed by atoms with Crippen LogP contribution in [0.3, 0.4) is 0 Å². The van der Waals surface area contributed by atoms with Gasteiger partial charge in [-0.2, -0.15) is 0 Å². The lowest BCUT2D eigenvalue weighted by molar-refractivity contribution is 0.864. The van der Waals surface area contributed by atoms with Crippen molar-refractivity contribution in [2.45, 2.75) is 13.0 Å². The Hall–Kier alpha value is -1.38. The Morgan fingerprint density at radius 2 is 1.81 bits per heavy atom. The molecule has 82 valence electrons. The van der Waals surface area contributed by atoms with Crippen LogP contribution in [0.4, 0.5) is 0 Å². The van der Waals surface area contributed by atoms with E-state index in [0.717, 1.165) is 21.8 Å². The number of halogens is 1. The van der Waals surface area contributed by atoms with Crippen molar-refractivity contribution in [1.82, 2.24) is 4.98 Å². The van der Waals surface area contributed by atoms with Crippen LogP contribution in [0.25, 0.3) is 0 Å². The van der Waals surface area contributed by atoms with Gasteiger partial charge in [0.15, 0.2) is 0 Å². The van der Waals surface area contributed by atoms with Crippen LogP contribution in [0.2, 0.25) is 5.02 Å². The maximum atomic E-state index is 6.16. The summed E-state index contributed by atoms with van der Waals surface area (Å²) in [6.07, 6.45) is 1.78. The van der Waals surface area contributed by atoms with Gasteiger partial charge in [0.1, 0.15) is 0 Å². The lowest BCUT2D eigenvalue weighted by Gasteiger charge is -2.12. The molecule has 1 heterocycles. The summed E-state index contributed by atoms with van der Waals surface area (Å²) in [7, 11) is 0. The highest BCUT2D eigenvalue weighted by atomic mass is 35.5. The summed E-state index contributed by atoms with van der Waals surface area (Å²) in [5.41, 5.74) is 9.25. The second kappa shape index (κ2) is 4.64. The molecule has 0 bridgehead atoms. The number of hydrogen-bond donors (Lipinski definition) is 1. The monoisotopic (exact) mass is 232 g/mol.